The Hall–Kier alpha value is -2.72. The van der Waals surface area contributed by atoms with Crippen LogP contribution in [0.15, 0.2) is 70.9 Å². The molecule has 0 amide bonds. The summed E-state index contributed by atoms with van der Waals surface area (Å²) in [6.45, 7) is 1.74. The number of carbonyl (C=O) groups is 1. The van der Waals surface area contributed by atoms with E-state index in [9.17, 15) is 13.2 Å². The van der Waals surface area contributed by atoms with Crippen molar-refractivity contribution in [3.05, 3.63) is 70.9 Å². The van der Waals surface area contributed by atoms with Crippen LogP contribution in [-0.4, -0.2) is 58.2 Å². The molecule has 2 heterocycles. The summed E-state index contributed by atoms with van der Waals surface area (Å²) in [5.74, 6) is 0.109. The maximum atomic E-state index is 12.6. The summed E-state index contributed by atoms with van der Waals surface area (Å²) in [5.41, 5.74) is 1.81. The van der Waals surface area contributed by atoms with Gasteiger partial charge in [0.05, 0.1) is 18.1 Å². The van der Waals surface area contributed by atoms with Gasteiger partial charge in [0.25, 0.3) is 0 Å². The van der Waals surface area contributed by atoms with E-state index < -0.39 is 16.0 Å². The predicted octanol–water partition coefficient (Wildman–Crippen LogP) is 3.67. The Morgan fingerprint density at radius 1 is 0.969 bits per heavy atom. The molecular weight excluding hydrogens is 450 g/mol. The van der Waals surface area contributed by atoms with Crippen LogP contribution in [0.2, 0.25) is 0 Å². The van der Waals surface area contributed by atoms with Crippen molar-refractivity contribution in [2.75, 3.05) is 39.5 Å². The van der Waals surface area contributed by atoms with Gasteiger partial charge in [0.1, 0.15) is 23.8 Å². The third-order valence-electron chi connectivity index (χ3n) is 4.95. The zero-order valence-electron chi connectivity index (χ0n) is 17.3. The van der Waals surface area contributed by atoms with E-state index in [-0.39, 0.29) is 18.1 Å². The van der Waals surface area contributed by atoms with Crippen molar-refractivity contribution in [1.82, 2.24) is 4.31 Å². The van der Waals surface area contributed by atoms with Crippen molar-refractivity contribution < 1.29 is 27.4 Å². The Labute approximate surface area is 191 Å². The standard InChI is InChI=1S/C23H23NO6S2/c25-23(22-21(10-17-31-22)18-4-2-1-3-5-18)30-16-15-29-19-6-8-20(9-7-19)32(26,27)24-11-13-28-14-12-24/h1-10,17H,11-16H2. The molecule has 0 atom stereocenters. The number of esters is 1. The zero-order chi connectivity index (χ0) is 22.4. The van der Waals surface area contributed by atoms with Gasteiger partial charge < -0.3 is 14.2 Å². The molecule has 1 fully saturated rings. The molecule has 3 aromatic rings. The van der Waals surface area contributed by atoms with Crippen LogP contribution >= 0.6 is 11.3 Å². The van der Waals surface area contributed by atoms with Crippen molar-refractivity contribution in [3.8, 4) is 16.9 Å². The highest BCUT2D eigenvalue weighted by Gasteiger charge is 2.26. The number of nitrogens with zero attached hydrogens (tertiary/aromatic N) is 1. The topological polar surface area (TPSA) is 82.1 Å². The number of hydrogen-bond donors (Lipinski definition) is 0. The quantitative estimate of drug-likeness (QED) is 0.367. The predicted molar refractivity (Wildman–Crippen MR) is 122 cm³/mol. The van der Waals surface area contributed by atoms with Crippen molar-refractivity contribution in [2.45, 2.75) is 4.90 Å². The number of sulfonamides is 1. The summed E-state index contributed by atoms with van der Waals surface area (Å²) in [6, 6.07) is 17.8. The largest absolute Gasteiger partial charge is 0.490 e. The van der Waals surface area contributed by atoms with E-state index in [0.29, 0.717) is 36.9 Å². The van der Waals surface area contributed by atoms with Gasteiger partial charge in [0.15, 0.2) is 0 Å². The molecule has 9 heteroatoms. The highest BCUT2D eigenvalue weighted by Crippen LogP contribution is 2.28. The van der Waals surface area contributed by atoms with Crippen molar-refractivity contribution in [3.63, 3.8) is 0 Å². The number of carbonyl (C=O) groups excluding carboxylic acids is 1. The number of morpholine rings is 1. The lowest BCUT2D eigenvalue weighted by molar-refractivity contribution is 0.0457. The van der Waals surface area contributed by atoms with Gasteiger partial charge in [-0.05, 0) is 41.3 Å². The Kier molecular flexibility index (Phi) is 7.21. The second-order valence-corrected chi connectivity index (χ2v) is 9.86. The van der Waals surface area contributed by atoms with Gasteiger partial charge in [-0.3, -0.25) is 0 Å². The maximum Gasteiger partial charge on any atom is 0.349 e. The summed E-state index contributed by atoms with van der Waals surface area (Å²) < 4.78 is 42.9. The minimum Gasteiger partial charge on any atom is -0.490 e. The van der Waals surface area contributed by atoms with Gasteiger partial charge >= 0.3 is 5.97 Å². The molecule has 32 heavy (non-hydrogen) atoms. The minimum atomic E-state index is -3.54. The third-order valence-corrected chi connectivity index (χ3v) is 7.76. The van der Waals surface area contributed by atoms with Gasteiger partial charge in [-0.1, -0.05) is 30.3 Å². The number of thiophene rings is 1. The fourth-order valence-electron chi connectivity index (χ4n) is 3.32. The van der Waals surface area contributed by atoms with Gasteiger partial charge in [-0.15, -0.1) is 11.3 Å². The number of ether oxygens (including phenoxy) is 3. The number of hydrogen-bond acceptors (Lipinski definition) is 7. The molecule has 7 nitrogen and oxygen atoms in total. The van der Waals surface area contributed by atoms with Crippen LogP contribution in [0.3, 0.4) is 0 Å². The zero-order valence-corrected chi connectivity index (χ0v) is 18.9. The van der Waals surface area contributed by atoms with Crippen molar-refractivity contribution >= 4 is 27.3 Å². The summed E-state index contributed by atoms with van der Waals surface area (Å²) >= 11 is 1.34. The first kappa shape index (κ1) is 22.5. The molecule has 0 aliphatic carbocycles. The minimum absolute atomic E-state index is 0.0821. The first-order valence-electron chi connectivity index (χ1n) is 10.2. The summed E-state index contributed by atoms with van der Waals surface area (Å²) in [7, 11) is -3.54. The highest BCUT2D eigenvalue weighted by molar-refractivity contribution is 7.89. The van der Waals surface area contributed by atoms with Crippen LogP contribution in [0.1, 0.15) is 9.67 Å². The average molecular weight is 474 g/mol. The normalized spacial score (nSPS) is 14.8. The summed E-state index contributed by atoms with van der Waals surface area (Å²) in [4.78, 5) is 13.2. The summed E-state index contributed by atoms with van der Waals surface area (Å²) in [6.07, 6.45) is 0. The average Bonchev–Trinajstić information content (AvgIpc) is 3.33. The van der Waals surface area contributed by atoms with Crippen LogP contribution in [0.4, 0.5) is 0 Å². The van der Waals surface area contributed by atoms with Crippen LogP contribution in [0.5, 0.6) is 5.75 Å². The lowest BCUT2D eigenvalue weighted by atomic mass is 10.1. The van der Waals surface area contributed by atoms with E-state index in [0.717, 1.165) is 11.1 Å². The first-order valence-corrected chi connectivity index (χ1v) is 12.5. The van der Waals surface area contributed by atoms with Crippen LogP contribution < -0.4 is 4.74 Å². The molecule has 0 N–H and O–H groups in total. The van der Waals surface area contributed by atoms with Gasteiger partial charge in [0, 0.05) is 18.7 Å². The lowest BCUT2D eigenvalue weighted by Crippen LogP contribution is -2.40. The second kappa shape index (κ2) is 10.3. The Balaban J connectivity index is 1.28. The Bertz CT molecular complexity index is 1140. The van der Waals surface area contributed by atoms with Crippen molar-refractivity contribution in [2.24, 2.45) is 0 Å². The second-order valence-electron chi connectivity index (χ2n) is 7.00. The molecule has 168 valence electrons. The fourth-order valence-corrected chi connectivity index (χ4v) is 5.53. The smallest absolute Gasteiger partial charge is 0.349 e. The molecule has 0 spiro atoms. The van der Waals surface area contributed by atoms with E-state index in [1.807, 2.05) is 41.8 Å². The monoisotopic (exact) mass is 473 g/mol. The molecule has 1 aliphatic rings. The van der Waals surface area contributed by atoms with E-state index in [4.69, 9.17) is 14.2 Å². The molecular formula is C23H23NO6S2. The van der Waals surface area contributed by atoms with E-state index >= 15 is 0 Å². The molecule has 4 rings (SSSR count). The number of rotatable bonds is 8. The van der Waals surface area contributed by atoms with Crippen LogP contribution in [0.25, 0.3) is 11.1 Å². The van der Waals surface area contributed by atoms with Crippen molar-refractivity contribution in [1.29, 1.82) is 0 Å². The summed E-state index contributed by atoms with van der Waals surface area (Å²) in [5, 5.41) is 1.86. The Morgan fingerprint density at radius 3 is 2.41 bits per heavy atom. The lowest BCUT2D eigenvalue weighted by Gasteiger charge is -2.26. The maximum absolute atomic E-state index is 12.6. The van der Waals surface area contributed by atoms with Gasteiger partial charge in [-0.25, -0.2) is 13.2 Å². The van der Waals surface area contributed by atoms with Gasteiger partial charge in [0.2, 0.25) is 10.0 Å². The molecule has 0 bridgehead atoms. The first-order chi connectivity index (χ1) is 15.6. The molecule has 0 saturated carbocycles. The SMILES string of the molecule is O=C(OCCOc1ccc(S(=O)(=O)N2CCOCC2)cc1)c1sccc1-c1ccccc1. The number of benzene rings is 2. The molecule has 2 aromatic carbocycles. The highest BCUT2D eigenvalue weighted by atomic mass is 32.2. The Morgan fingerprint density at radius 2 is 1.69 bits per heavy atom. The van der Waals surface area contributed by atoms with Crippen LogP contribution in [0, 0.1) is 0 Å². The molecule has 0 radical (unpaired) electrons. The van der Waals surface area contributed by atoms with E-state index in [1.54, 1.807) is 12.1 Å². The fraction of sp³-hybridized carbons (Fsp3) is 0.261. The van der Waals surface area contributed by atoms with E-state index in [2.05, 4.69) is 0 Å². The molecule has 1 saturated heterocycles. The molecule has 0 unspecified atom stereocenters. The molecule has 1 aromatic heterocycles. The van der Waals surface area contributed by atoms with E-state index in [1.165, 1.54) is 27.8 Å². The third kappa shape index (κ3) is 5.18. The van der Waals surface area contributed by atoms with Gasteiger partial charge in [-0.2, -0.15) is 4.31 Å². The van der Waals surface area contributed by atoms with Crippen LogP contribution in [-0.2, 0) is 19.5 Å². The molecule has 1 aliphatic heterocycles.